The fraction of sp³-hybridized carbons (Fsp3) is 0.308. The lowest BCUT2D eigenvalue weighted by molar-refractivity contribution is 0.415. The Hall–Kier alpha value is -1.81. The van der Waals surface area contributed by atoms with Crippen LogP contribution in [0, 0.1) is 0 Å². The van der Waals surface area contributed by atoms with Gasteiger partial charge in [0.15, 0.2) is 0 Å². The van der Waals surface area contributed by atoms with Crippen LogP contribution in [0.15, 0.2) is 30.5 Å². The molecular formula is C13H17N3O. The standard InChI is InChI=1S/C13H17N3O/c1-14-8-11-9-15-13(16(11)2)10-5-4-6-12(7-10)17-3/h4-7,9,14H,8H2,1-3H3. The van der Waals surface area contributed by atoms with E-state index in [1.165, 1.54) is 0 Å². The molecule has 0 bridgehead atoms. The minimum atomic E-state index is 0.813. The fourth-order valence-electron chi connectivity index (χ4n) is 1.82. The van der Waals surface area contributed by atoms with Crippen molar-refractivity contribution in [1.29, 1.82) is 0 Å². The second-order valence-electron chi connectivity index (χ2n) is 3.89. The summed E-state index contributed by atoms with van der Waals surface area (Å²) in [4.78, 5) is 4.45. The lowest BCUT2D eigenvalue weighted by Crippen LogP contribution is -2.09. The number of methoxy groups -OCH3 is 1. The fourth-order valence-corrected chi connectivity index (χ4v) is 1.82. The van der Waals surface area contributed by atoms with E-state index in [9.17, 15) is 0 Å². The first-order valence-corrected chi connectivity index (χ1v) is 5.56. The Kier molecular flexibility index (Phi) is 3.44. The van der Waals surface area contributed by atoms with Gasteiger partial charge >= 0.3 is 0 Å². The van der Waals surface area contributed by atoms with E-state index < -0.39 is 0 Å². The van der Waals surface area contributed by atoms with Crippen molar-refractivity contribution in [3.05, 3.63) is 36.2 Å². The number of hydrogen-bond donors (Lipinski definition) is 1. The number of imidazole rings is 1. The summed E-state index contributed by atoms with van der Waals surface area (Å²) in [5, 5.41) is 3.13. The van der Waals surface area contributed by atoms with Crippen LogP contribution in [0.5, 0.6) is 5.75 Å². The second-order valence-corrected chi connectivity index (χ2v) is 3.89. The molecule has 0 unspecified atom stereocenters. The normalized spacial score (nSPS) is 10.5. The van der Waals surface area contributed by atoms with Crippen LogP contribution in [0.3, 0.4) is 0 Å². The van der Waals surface area contributed by atoms with Crippen LogP contribution in [0.1, 0.15) is 5.69 Å². The van der Waals surface area contributed by atoms with E-state index in [2.05, 4.69) is 14.9 Å². The van der Waals surface area contributed by atoms with E-state index in [-0.39, 0.29) is 0 Å². The molecule has 1 heterocycles. The first kappa shape index (κ1) is 11.7. The predicted octanol–water partition coefficient (Wildman–Crippen LogP) is 1.82. The summed E-state index contributed by atoms with van der Waals surface area (Å²) in [6.45, 7) is 0.813. The molecule has 1 aromatic carbocycles. The van der Waals surface area contributed by atoms with Crippen LogP contribution >= 0.6 is 0 Å². The molecular weight excluding hydrogens is 214 g/mol. The van der Waals surface area contributed by atoms with Crippen molar-refractivity contribution in [1.82, 2.24) is 14.9 Å². The molecule has 0 aliphatic carbocycles. The third-order valence-electron chi connectivity index (χ3n) is 2.77. The van der Waals surface area contributed by atoms with Gasteiger partial charge in [0.25, 0.3) is 0 Å². The first-order valence-electron chi connectivity index (χ1n) is 5.56. The summed E-state index contributed by atoms with van der Waals surface area (Å²) in [5.74, 6) is 1.80. The minimum absolute atomic E-state index is 0.813. The zero-order valence-electron chi connectivity index (χ0n) is 10.4. The highest BCUT2D eigenvalue weighted by atomic mass is 16.5. The molecule has 4 nitrogen and oxygen atoms in total. The van der Waals surface area contributed by atoms with Gasteiger partial charge in [-0.05, 0) is 19.2 Å². The van der Waals surface area contributed by atoms with E-state index in [0.717, 1.165) is 29.4 Å². The van der Waals surface area contributed by atoms with Gasteiger partial charge in [-0.2, -0.15) is 0 Å². The zero-order valence-corrected chi connectivity index (χ0v) is 10.4. The highest BCUT2D eigenvalue weighted by Gasteiger charge is 2.08. The molecule has 0 atom stereocenters. The van der Waals surface area contributed by atoms with Crippen LogP contribution < -0.4 is 10.1 Å². The van der Waals surface area contributed by atoms with Crippen molar-refractivity contribution < 1.29 is 4.74 Å². The van der Waals surface area contributed by atoms with Gasteiger partial charge in [-0.25, -0.2) is 4.98 Å². The lowest BCUT2D eigenvalue weighted by atomic mass is 10.2. The van der Waals surface area contributed by atoms with Crippen LogP contribution in [-0.4, -0.2) is 23.7 Å². The van der Waals surface area contributed by atoms with Gasteiger partial charge in [-0.15, -0.1) is 0 Å². The molecule has 90 valence electrons. The third-order valence-corrected chi connectivity index (χ3v) is 2.77. The summed E-state index contributed by atoms with van der Waals surface area (Å²) in [6, 6.07) is 7.93. The monoisotopic (exact) mass is 231 g/mol. The Labute approximate surface area is 101 Å². The van der Waals surface area contributed by atoms with Gasteiger partial charge in [0, 0.05) is 19.2 Å². The third kappa shape index (κ3) is 2.31. The van der Waals surface area contributed by atoms with Gasteiger partial charge in [-0.1, -0.05) is 12.1 Å². The zero-order chi connectivity index (χ0) is 12.3. The molecule has 0 spiro atoms. The highest BCUT2D eigenvalue weighted by molar-refractivity contribution is 5.58. The van der Waals surface area contributed by atoms with E-state index in [0.29, 0.717) is 0 Å². The second kappa shape index (κ2) is 5.01. The smallest absolute Gasteiger partial charge is 0.140 e. The Balaban J connectivity index is 2.38. The number of aromatic nitrogens is 2. The van der Waals surface area contributed by atoms with E-state index in [1.807, 2.05) is 44.6 Å². The Morgan fingerprint density at radius 3 is 2.94 bits per heavy atom. The molecule has 0 amide bonds. The minimum Gasteiger partial charge on any atom is -0.497 e. The van der Waals surface area contributed by atoms with Crippen molar-refractivity contribution in [2.75, 3.05) is 14.2 Å². The number of nitrogens with one attached hydrogen (secondary N) is 1. The molecule has 2 aromatic rings. The molecule has 1 N–H and O–H groups in total. The van der Waals surface area contributed by atoms with E-state index >= 15 is 0 Å². The van der Waals surface area contributed by atoms with Crippen molar-refractivity contribution >= 4 is 0 Å². The topological polar surface area (TPSA) is 39.1 Å². The molecule has 0 saturated heterocycles. The number of nitrogens with zero attached hydrogens (tertiary/aromatic N) is 2. The Bertz CT molecular complexity index is 505. The quantitative estimate of drug-likeness (QED) is 0.872. The average Bonchev–Trinajstić information content (AvgIpc) is 2.72. The van der Waals surface area contributed by atoms with Crippen molar-refractivity contribution in [3.8, 4) is 17.1 Å². The summed E-state index contributed by atoms with van der Waals surface area (Å²) in [7, 11) is 5.62. The maximum atomic E-state index is 5.22. The van der Waals surface area contributed by atoms with Gasteiger partial charge in [0.1, 0.15) is 11.6 Å². The molecule has 0 saturated carbocycles. The van der Waals surface area contributed by atoms with E-state index in [4.69, 9.17) is 4.74 Å². The SMILES string of the molecule is CNCc1cnc(-c2cccc(OC)c2)n1C. The van der Waals surface area contributed by atoms with Crippen LogP contribution in [-0.2, 0) is 13.6 Å². The van der Waals surface area contributed by atoms with Crippen LogP contribution in [0.4, 0.5) is 0 Å². The molecule has 0 aliphatic rings. The summed E-state index contributed by atoms with van der Waals surface area (Å²) >= 11 is 0. The van der Waals surface area contributed by atoms with Crippen molar-refractivity contribution in [2.24, 2.45) is 7.05 Å². The van der Waals surface area contributed by atoms with Crippen LogP contribution in [0.25, 0.3) is 11.4 Å². The molecule has 0 fully saturated rings. The molecule has 0 radical (unpaired) electrons. The number of hydrogen-bond acceptors (Lipinski definition) is 3. The Morgan fingerprint density at radius 2 is 2.24 bits per heavy atom. The molecule has 2 rings (SSSR count). The van der Waals surface area contributed by atoms with Crippen molar-refractivity contribution in [3.63, 3.8) is 0 Å². The lowest BCUT2D eigenvalue weighted by Gasteiger charge is -2.07. The van der Waals surface area contributed by atoms with Crippen molar-refractivity contribution in [2.45, 2.75) is 6.54 Å². The molecule has 0 aliphatic heterocycles. The summed E-state index contributed by atoms with van der Waals surface area (Å²) in [6.07, 6.45) is 1.89. The first-order chi connectivity index (χ1) is 8.26. The maximum Gasteiger partial charge on any atom is 0.140 e. The maximum absolute atomic E-state index is 5.22. The van der Waals surface area contributed by atoms with Crippen LogP contribution in [0.2, 0.25) is 0 Å². The van der Waals surface area contributed by atoms with Gasteiger partial charge in [0.2, 0.25) is 0 Å². The number of benzene rings is 1. The predicted molar refractivity (Wildman–Crippen MR) is 68.0 cm³/mol. The van der Waals surface area contributed by atoms with Gasteiger partial charge in [0.05, 0.1) is 19.0 Å². The molecule has 1 aromatic heterocycles. The summed E-state index contributed by atoms with van der Waals surface area (Å²) < 4.78 is 7.31. The molecule has 4 heteroatoms. The Morgan fingerprint density at radius 1 is 1.41 bits per heavy atom. The van der Waals surface area contributed by atoms with E-state index in [1.54, 1.807) is 7.11 Å². The number of ether oxygens (including phenoxy) is 1. The summed E-state index contributed by atoms with van der Waals surface area (Å²) in [5.41, 5.74) is 2.22. The average molecular weight is 231 g/mol. The van der Waals surface area contributed by atoms with Gasteiger partial charge in [-0.3, -0.25) is 0 Å². The number of rotatable bonds is 4. The molecule has 17 heavy (non-hydrogen) atoms. The highest BCUT2D eigenvalue weighted by Crippen LogP contribution is 2.22. The van der Waals surface area contributed by atoms with Gasteiger partial charge < -0.3 is 14.6 Å². The largest absolute Gasteiger partial charge is 0.497 e.